The minimum absolute atomic E-state index is 0.286. The molecule has 0 aromatic carbocycles. The second-order valence-electron chi connectivity index (χ2n) is 4.85. The van der Waals surface area contributed by atoms with E-state index in [1.165, 1.54) is 12.2 Å². The van der Waals surface area contributed by atoms with Gasteiger partial charge in [0.1, 0.15) is 5.83 Å². The first-order chi connectivity index (χ1) is 7.21. The monoisotopic (exact) mass is 224 g/mol. The molecule has 0 aliphatic carbocycles. The number of hydrogen-bond acceptors (Lipinski definition) is 2. The SMILES string of the molecule is C=C/C=C(/B1OC(C)(C)C(C)(C)O1)C(=C)F. The second kappa shape index (κ2) is 4.19. The molecule has 1 aliphatic heterocycles. The zero-order chi connectivity index (χ0) is 12.6. The summed E-state index contributed by atoms with van der Waals surface area (Å²) >= 11 is 0. The zero-order valence-corrected chi connectivity index (χ0v) is 10.3. The summed E-state index contributed by atoms with van der Waals surface area (Å²) in [5, 5.41) is 0. The summed E-state index contributed by atoms with van der Waals surface area (Å²) in [5.41, 5.74) is -0.672. The molecule has 0 radical (unpaired) electrons. The third-order valence-corrected chi connectivity index (χ3v) is 3.12. The van der Waals surface area contributed by atoms with Gasteiger partial charge in [-0.3, -0.25) is 0 Å². The minimum atomic E-state index is -0.722. The molecular weight excluding hydrogens is 206 g/mol. The molecule has 0 spiro atoms. The van der Waals surface area contributed by atoms with Crippen LogP contribution in [0.15, 0.2) is 36.6 Å². The van der Waals surface area contributed by atoms with Gasteiger partial charge in [0.2, 0.25) is 0 Å². The fourth-order valence-corrected chi connectivity index (χ4v) is 1.39. The van der Waals surface area contributed by atoms with E-state index >= 15 is 0 Å². The highest BCUT2D eigenvalue weighted by Gasteiger charge is 2.52. The van der Waals surface area contributed by atoms with Crippen molar-refractivity contribution in [2.45, 2.75) is 38.9 Å². The van der Waals surface area contributed by atoms with Gasteiger partial charge in [-0.25, -0.2) is 4.39 Å². The molecule has 1 saturated heterocycles. The highest BCUT2D eigenvalue weighted by Crippen LogP contribution is 2.39. The lowest BCUT2D eigenvalue weighted by molar-refractivity contribution is 0.00578. The molecule has 88 valence electrons. The summed E-state index contributed by atoms with van der Waals surface area (Å²) in [4.78, 5) is 0. The maximum atomic E-state index is 13.2. The van der Waals surface area contributed by atoms with E-state index in [2.05, 4.69) is 13.2 Å². The highest BCUT2D eigenvalue weighted by molar-refractivity contribution is 6.56. The molecule has 0 aromatic rings. The van der Waals surface area contributed by atoms with Crippen LogP contribution in [-0.2, 0) is 9.31 Å². The lowest BCUT2D eigenvalue weighted by atomic mass is 9.77. The molecule has 1 heterocycles. The summed E-state index contributed by atoms with van der Waals surface area (Å²) in [6, 6.07) is 0. The first kappa shape index (κ1) is 13.2. The Labute approximate surface area is 97.0 Å². The van der Waals surface area contributed by atoms with Gasteiger partial charge < -0.3 is 9.31 Å². The lowest BCUT2D eigenvalue weighted by Crippen LogP contribution is -2.41. The molecule has 0 amide bonds. The quantitative estimate of drug-likeness (QED) is 0.541. The number of allylic oxidation sites excluding steroid dienone is 4. The maximum Gasteiger partial charge on any atom is 0.497 e. The van der Waals surface area contributed by atoms with Gasteiger partial charge in [-0.1, -0.05) is 25.3 Å². The van der Waals surface area contributed by atoms with Gasteiger partial charge in [0.05, 0.1) is 11.2 Å². The number of hydrogen-bond donors (Lipinski definition) is 0. The van der Waals surface area contributed by atoms with Gasteiger partial charge in [0, 0.05) is 5.47 Å². The smallest absolute Gasteiger partial charge is 0.399 e. The molecule has 2 nitrogen and oxygen atoms in total. The van der Waals surface area contributed by atoms with E-state index in [-0.39, 0.29) is 5.47 Å². The van der Waals surface area contributed by atoms with E-state index in [1.807, 2.05) is 27.7 Å². The molecule has 1 aliphatic rings. The Morgan fingerprint density at radius 3 is 1.94 bits per heavy atom. The molecule has 0 aromatic heterocycles. The van der Waals surface area contributed by atoms with Gasteiger partial charge in [-0.15, -0.1) is 0 Å². The van der Waals surface area contributed by atoms with Crippen molar-refractivity contribution in [1.82, 2.24) is 0 Å². The number of rotatable bonds is 3. The van der Waals surface area contributed by atoms with Gasteiger partial charge in [0.25, 0.3) is 0 Å². The van der Waals surface area contributed by atoms with Crippen molar-refractivity contribution in [2.24, 2.45) is 0 Å². The molecule has 1 rings (SSSR count). The Kier molecular flexibility index (Phi) is 3.45. The molecule has 0 unspecified atom stereocenters. The van der Waals surface area contributed by atoms with Gasteiger partial charge in [0.15, 0.2) is 0 Å². The molecule has 4 heteroatoms. The lowest BCUT2D eigenvalue weighted by Gasteiger charge is -2.32. The van der Waals surface area contributed by atoms with Gasteiger partial charge in [-0.05, 0) is 27.7 Å². The average Bonchev–Trinajstić information content (AvgIpc) is 2.31. The fraction of sp³-hybridized carbons (Fsp3) is 0.500. The van der Waals surface area contributed by atoms with Crippen molar-refractivity contribution in [3.63, 3.8) is 0 Å². The standard InChI is InChI=1S/C12H18BFO2/c1-7-8-10(9(2)14)13-15-11(3,4)12(5,6)16-13/h7-8H,1-2H2,3-6H3/b10-8+. The van der Waals surface area contributed by atoms with E-state index in [4.69, 9.17) is 9.31 Å². The second-order valence-corrected chi connectivity index (χ2v) is 4.85. The predicted octanol–water partition coefficient (Wildman–Crippen LogP) is 3.21. The van der Waals surface area contributed by atoms with Crippen LogP contribution < -0.4 is 0 Å². The van der Waals surface area contributed by atoms with Crippen molar-refractivity contribution in [2.75, 3.05) is 0 Å². The van der Waals surface area contributed by atoms with Gasteiger partial charge >= 0.3 is 7.12 Å². The topological polar surface area (TPSA) is 18.5 Å². The third kappa shape index (κ3) is 2.28. The van der Waals surface area contributed by atoms with E-state index in [1.54, 1.807) is 0 Å². The van der Waals surface area contributed by atoms with Crippen LogP contribution in [0.5, 0.6) is 0 Å². The van der Waals surface area contributed by atoms with E-state index < -0.39 is 24.1 Å². The van der Waals surface area contributed by atoms with Crippen molar-refractivity contribution in [3.8, 4) is 0 Å². The van der Waals surface area contributed by atoms with Crippen LogP contribution in [0.3, 0.4) is 0 Å². The Morgan fingerprint density at radius 1 is 1.19 bits per heavy atom. The summed E-state index contributed by atoms with van der Waals surface area (Å²) in [7, 11) is -0.722. The maximum absolute atomic E-state index is 13.2. The average molecular weight is 224 g/mol. The van der Waals surface area contributed by atoms with Crippen molar-refractivity contribution < 1.29 is 13.7 Å². The third-order valence-electron chi connectivity index (χ3n) is 3.12. The van der Waals surface area contributed by atoms with Crippen LogP contribution in [0.2, 0.25) is 0 Å². The summed E-state index contributed by atoms with van der Waals surface area (Å²) in [5.74, 6) is -0.557. The molecule has 1 fully saturated rings. The fourth-order valence-electron chi connectivity index (χ4n) is 1.39. The van der Waals surface area contributed by atoms with Crippen LogP contribution in [0.4, 0.5) is 4.39 Å². The summed E-state index contributed by atoms with van der Waals surface area (Å²) in [6.07, 6.45) is 3.01. The molecule has 0 bridgehead atoms. The van der Waals surface area contributed by atoms with Crippen LogP contribution in [0.25, 0.3) is 0 Å². The molecule has 16 heavy (non-hydrogen) atoms. The Morgan fingerprint density at radius 2 is 1.62 bits per heavy atom. The first-order valence-corrected chi connectivity index (χ1v) is 5.24. The predicted molar refractivity (Wildman–Crippen MR) is 64.6 cm³/mol. The van der Waals surface area contributed by atoms with E-state index in [0.29, 0.717) is 0 Å². The highest BCUT2D eigenvalue weighted by atomic mass is 19.1. The van der Waals surface area contributed by atoms with Crippen LogP contribution >= 0.6 is 0 Å². The van der Waals surface area contributed by atoms with E-state index in [9.17, 15) is 4.39 Å². The van der Waals surface area contributed by atoms with Crippen molar-refractivity contribution in [3.05, 3.63) is 36.6 Å². The molecule has 0 saturated carbocycles. The summed E-state index contributed by atoms with van der Waals surface area (Å²) < 4.78 is 24.6. The van der Waals surface area contributed by atoms with E-state index in [0.717, 1.165) is 0 Å². The Bertz CT molecular complexity index is 329. The Hall–Kier alpha value is -0.865. The summed E-state index contributed by atoms with van der Waals surface area (Å²) in [6.45, 7) is 14.5. The van der Waals surface area contributed by atoms with Gasteiger partial charge in [-0.2, -0.15) is 0 Å². The van der Waals surface area contributed by atoms with Crippen LogP contribution in [-0.4, -0.2) is 18.3 Å². The molecule has 0 N–H and O–H groups in total. The number of halogens is 1. The zero-order valence-electron chi connectivity index (χ0n) is 10.3. The first-order valence-electron chi connectivity index (χ1n) is 5.24. The normalized spacial score (nSPS) is 23.3. The largest absolute Gasteiger partial charge is 0.497 e. The van der Waals surface area contributed by atoms with Crippen LogP contribution in [0.1, 0.15) is 27.7 Å². The van der Waals surface area contributed by atoms with Crippen molar-refractivity contribution >= 4 is 7.12 Å². The van der Waals surface area contributed by atoms with Crippen molar-refractivity contribution in [1.29, 1.82) is 0 Å². The van der Waals surface area contributed by atoms with Crippen LogP contribution in [0, 0.1) is 0 Å². The molecule has 0 atom stereocenters. The Balaban J connectivity index is 2.98. The minimum Gasteiger partial charge on any atom is -0.399 e. The molecular formula is C12H18BFO2.